The van der Waals surface area contributed by atoms with Crippen molar-refractivity contribution in [1.82, 2.24) is 4.90 Å². The molecule has 5 nitrogen and oxygen atoms in total. The van der Waals surface area contributed by atoms with Gasteiger partial charge in [0.1, 0.15) is 0 Å². The van der Waals surface area contributed by atoms with Crippen molar-refractivity contribution in [3.05, 3.63) is 29.8 Å². The average Bonchev–Trinajstić information content (AvgIpc) is 2.79. The van der Waals surface area contributed by atoms with Gasteiger partial charge in [0.05, 0.1) is 16.0 Å². The van der Waals surface area contributed by atoms with Gasteiger partial charge >= 0.3 is 0 Å². The quantitative estimate of drug-likeness (QED) is 0.893. The SMILES string of the molecule is CCC(C)C1SCC(=O)N1Cc1ccc(S(N)(=O)=O)cc1. The minimum atomic E-state index is -3.67. The van der Waals surface area contributed by atoms with E-state index in [2.05, 4.69) is 13.8 Å². The van der Waals surface area contributed by atoms with E-state index in [0.29, 0.717) is 18.2 Å². The van der Waals surface area contributed by atoms with Gasteiger partial charge in [-0.15, -0.1) is 11.8 Å². The number of sulfonamides is 1. The molecular formula is C14H20N2O3S2. The van der Waals surface area contributed by atoms with Gasteiger partial charge in [0.25, 0.3) is 0 Å². The minimum Gasteiger partial charge on any atom is -0.325 e. The fourth-order valence-corrected chi connectivity index (χ4v) is 4.19. The lowest BCUT2D eigenvalue weighted by molar-refractivity contribution is -0.129. The summed E-state index contributed by atoms with van der Waals surface area (Å²) >= 11 is 1.68. The lowest BCUT2D eigenvalue weighted by atomic mass is 10.1. The van der Waals surface area contributed by atoms with Gasteiger partial charge in [0.2, 0.25) is 15.9 Å². The van der Waals surface area contributed by atoms with Crippen LogP contribution in [0.3, 0.4) is 0 Å². The van der Waals surface area contributed by atoms with Crippen LogP contribution in [0.2, 0.25) is 0 Å². The van der Waals surface area contributed by atoms with Crippen LogP contribution in [-0.4, -0.2) is 30.4 Å². The normalized spacial score (nSPS) is 20.8. The summed E-state index contributed by atoms with van der Waals surface area (Å²) < 4.78 is 22.5. The summed E-state index contributed by atoms with van der Waals surface area (Å²) in [6, 6.07) is 6.39. The van der Waals surface area contributed by atoms with Crippen molar-refractivity contribution in [1.29, 1.82) is 0 Å². The maximum atomic E-state index is 12.0. The second-order valence-corrected chi connectivity index (χ2v) is 7.96. The van der Waals surface area contributed by atoms with Crippen molar-refractivity contribution in [3.63, 3.8) is 0 Å². The molecule has 7 heteroatoms. The van der Waals surface area contributed by atoms with Gasteiger partial charge in [0, 0.05) is 6.54 Å². The predicted molar refractivity (Wildman–Crippen MR) is 84.1 cm³/mol. The van der Waals surface area contributed by atoms with Crippen molar-refractivity contribution in [2.24, 2.45) is 11.1 Å². The number of nitrogens with two attached hydrogens (primary N) is 1. The first-order chi connectivity index (χ1) is 9.82. The maximum absolute atomic E-state index is 12.0. The number of hydrogen-bond acceptors (Lipinski definition) is 4. The Hall–Kier alpha value is -1.05. The lowest BCUT2D eigenvalue weighted by Gasteiger charge is -2.28. The Bertz CT molecular complexity index is 614. The van der Waals surface area contributed by atoms with Crippen LogP contribution in [0.1, 0.15) is 25.8 Å². The molecule has 2 N–H and O–H groups in total. The number of nitrogens with zero attached hydrogens (tertiary/aromatic N) is 1. The van der Waals surface area contributed by atoms with Crippen LogP contribution in [0.4, 0.5) is 0 Å². The van der Waals surface area contributed by atoms with Crippen molar-refractivity contribution in [2.75, 3.05) is 5.75 Å². The van der Waals surface area contributed by atoms with Crippen LogP contribution in [0.25, 0.3) is 0 Å². The van der Waals surface area contributed by atoms with E-state index in [-0.39, 0.29) is 16.2 Å². The smallest absolute Gasteiger partial charge is 0.238 e. The Morgan fingerprint density at radius 3 is 2.52 bits per heavy atom. The second-order valence-electron chi connectivity index (χ2n) is 5.30. The van der Waals surface area contributed by atoms with Gasteiger partial charge in [-0.25, -0.2) is 13.6 Å². The van der Waals surface area contributed by atoms with Gasteiger partial charge in [-0.1, -0.05) is 32.4 Å². The molecule has 0 spiro atoms. The molecule has 1 saturated heterocycles. The topological polar surface area (TPSA) is 80.5 Å². The largest absolute Gasteiger partial charge is 0.325 e. The highest BCUT2D eigenvalue weighted by molar-refractivity contribution is 8.01. The Morgan fingerprint density at radius 1 is 1.38 bits per heavy atom. The first-order valence-electron chi connectivity index (χ1n) is 6.85. The third kappa shape index (κ3) is 3.78. The minimum absolute atomic E-state index is 0.0897. The number of rotatable bonds is 5. The van der Waals surface area contributed by atoms with E-state index in [0.717, 1.165) is 12.0 Å². The zero-order chi connectivity index (χ0) is 15.6. The number of hydrogen-bond donors (Lipinski definition) is 1. The summed E-state index contributed by atoms with van der Waals surface area (Å²) in [4.78, 5) is 14.0. The van der Waals surface area contributed by atoms with Gasteiger partial charge in [-0.3, -0.25) is 4.79 Å². The highest BCUT2D eigenvalue weighted by Crippen LogP contribution is 2.33. The van der Waals surface area contributed by atoms with Crippen LogP contribution in [0, 0.1) is 5.92 Å². The van der Waals surface area contributed by atoms with E-state index in [9.17, 15) is 13.2 Å². The van der Waals surface area contributed by atoms with E-state index >= 15 is 0 Å². The third-order valence-corrected chi connectivity index (χ3v) is 6.14. The molecule has 0 radical (unpaired) electrons. The van der Waals surface area contributed by atoms with Crippen molar-refractivity contribution >= 4 is 27.7 Å². The van der Waals surface area contributed by atoms with Crippen molar-refractivity contribution in [3.8, 4) is 0 Å². The van der Waals surface area contributed by atoms with Gasteiger partial charge in [-0.05, 0) is 23.6 Å². The number of primary sulfonamides is 1. The van der Waals surface area contributed by atoms with E-state index < -0.39 is 10.0 Å². The molecule has 1 fully saturated rings. The van der Waals surface area contributed by atoms with E-state index in [1.54, 1.807) is 23.9 Å². The average molecular weight is 328 g/mol. The molecule has 2 atom stereocenters. The molecule has 1 aromatic rings. The molecule has 1 aliphatic heterocycles. The highest BCUT2D eigenvalue weighted by Gasteiger charge is 2.34. The monoisotopic (exact) mass is 328 g/mol. The molecule has 0 aromatic heterocycles. The molecule has 1 amide bonds. The molecule has 21 heavy (non-hydrogen) atoms. The standard InChI is InChI=1S/C14H20N2O3S2/c1-3-10(2)14-16(13(17)9-20-14)8-11-4-6-12(7-5-11)21(15,18)19/h4-7,10,14H,3,8-9H2,1-2H3,(H2,15,18,19). The number of benzene rings is 1. The zero-order valence-electron chi connectivity index (χ0n) is 12.2. The lowest BCUT2D eigenvalue weighted by Crippen LogP contribution is -2.35. The van der Waals surface area contributed by atoms with Crippen LogP contribution in [-0.2, 0) is 21.4 Å². The van der Waals surface area contributed by atoms with Gasteiger partial charge in [0.15, 0.2) is 0 Å². The van der Waals surface area contributed by atoms with Crippen LogP contribution in [0.15, 0.2) is 29.2 Å². The first-order valence-corrected chi connectivity index (χ1v) is 9.45. The second kappa shape index (κ2) is 6.37. The molecule has 2 unspecified atom stereocenters. The Morgan fingerprint density at radius 2 is 2.00 bits per heavy atom. The molecule has 0 aliphatic carbocycles. The summed E-state index contributed by atoms with van der Waals surface area (Å²) in [5.74, 6) is 1.09. The predicted octanol–water partition coefficient (Wildman–Crippen LogP) is 1.78. The summed E-state index contributed by atoms with van der Waals surface area (Å²) in [7, 11) is -3.67. The molecule has 1 aromatic carbocycles. The summed E-state index contributed by atoms with van der Waals surface area (Å²) in [6.45, 7) is 4.77. The van der Waals surface area contributed by atoms with Crippen molar-refractivity contribution < 1.29 is 13.2 Å². The van der Waals surface area contributed by atoms with Crippen LogP contribution < -0.4 is 5.14 Å². The van der Waals surface area contributed by atoms with Gasteiger partial charge in [-0.2, -0.15) is 0 Å². The van der Waals surface area contributed by atoms with E-state index in [4.69, 9.17) is 5.14 Å². The van der Waals surface area contributed by atoms with Gasteiger partial charge < -0.3 is 4.90 Å². The summed E-state index contributed by atoms with van der Waals surface area (Å²) in [6.07, 6.45) is 1.02. The highest BCUT2D eigenvalue weighted by atomic mass is 32.2. The summed E-state index contributed by atoms with van der Waals surface area (Å²) in [5, 5.41) is 5.27. The first kappa shape index (κ1) is 16.3. The molecule has 2 rings (SSSR count). The number of carbonyl (C=O) groups excluding carboxylic acids is 1. The number of thioether (sulfide) groups is 1. The Balaban J connectivity index is 2.14. The van der Waals surface area contributed by atoms with E-state index in [1.807, 2.05) is 4.90 Å². The summed E-state index contributed by atoms with van der Waals surface area (Å²) in [5.41, 5.74) is 0.909. The number of amides is 1. The maximum Gasteiger partial charge on any atom is 0.238 e. The molecular weight excluding hydrogens is 308 g/mol. The molecule has 0 bridgehead atoms. The molecule has 1 aliphatic rings. The van der Waals surface area contributed by atoms with Crippen molar-refractivity contribution in [2.45, 2.75) is 37.1 Å². The third-order valence-electron chi connectivity index (χ3n) is 3.74. The fraction of sp³-hybridized carbons (Fsp3) is 0.500. The molecule has 1 heterocycles. The zero-order valence-corrected chi connectivity index (χ0v) is 13.8. The molecule has 0 saturated carbocycles. The van der Waals surface area contributed by atoms with Crippen LogP contribution >= 0.6 is 11.8 Å². The van der Waals surface area contributed by atoms with Crippen LogP contribution in [0.5, 0.6) is 0 Å². The van der Waals surface area contributed by atoms with E-state index in [1.165, 1.54) is 12.1 Å². The fourth-order valence-electron chi connectivity index (χ4n) is 2.30. The Labute approximate surface area is 129 Å². The Kier molecular flexibility index (Phi) is 4.95. The number of carbonyl (C=O) groups is 1. The molecule has 116 valence electrons.